The third-order valence-electron chi connectivity index (χ3n) is 0.104. The van der Waals surface area contributed by atoms with E-state index in [1.165, 1.54) is 0 Å². The van der Waals surface area contributed by atoms with Crippen molar-refractivity contribution in [1.29, 1.82) is 0 Å². The van der Waals surface area contributed by atoms with Crippen LogP contribution in [-0.4, -0.2) is 23.4 Å². The summed E-state index contributed by atoms with van der Waals surface area (Å²) in [6.45, 7) is 0. The van der Waals surface area contributed by atoms with E-state index in [4.69, 9.17) is 14.4 Å². The van der Waals surface area contributed by atoms with Gasteiger partial charge in [0.05, 0.1) is 0 Å². The van der Waals surface area contributed by atoms with E-state index in [0.29, 0.717) is 0 Å². The number of hydrogen-bond acceptors (Lipinski definition) is 4. The molecular formula is H3FO4SiZn. The minimum absolute atomic E-state index is 0. The Balaban J connectivity index is 0. The molecule has 3 N–H and O–H groups in total. The summed E-state index contributed by atoms with van der Waals surface area (Å²) in [7, 11) is -4.80. The maximum Gasteiger partial charge on any atom is 0.703 e. The Hall–Kier alpha value is 0.610. The Kier molecular flexibility index (Phi) is 5.42. The van der Waals surface area contributed by atoms with E-state index < -0.39 is 9.05 Å². The third-order valence-corrected chi connectivity index (χ3v) is 0.311. The molecule has 0 spiro atoms. The van der Waals surface area contributed by atoms with Crippen LogP contribution in [0.25, 0.3) is 0 Å². The Morgan fingerprint density at radius 1 is 1.29 bits per heavy atom. The van der Waals surface area contributed by atoms with E-state index in [1.807, 2.05) is 0 Å². The van der Waals surface area contributed by atoms with Crippen LogP contribution in [0.5, 0.6) is 0 Å². The fourth-order valence-corrected chi connectivity index (χ4v) is 0. The fraction of sp³-hybridized carbons (Fsp3) is 0. The van der Waals surface area contributed by atoms with Crippen LogP contribution < -0.4 is 0 Å². The van der Waals surface area contributed by atoms with E-state index >= 15 is 0 Å². The van der Waals surface area contributed by atoms with Crippen molar-refractivity contribution in [3.63, 3.8) is 0 Å². The molecule has 4 nitrogen and oxygen atoms in total. The standard InChI is InChI=1S/FH3O4Si.Zn/c1-5-6(2,3)4;/h2-4H;. The predicted octanol–water partition coefficient (Wildman–Crippen LogP) is -1.70. The third kappa shape index (κ3) is 10.8. The van der Waals surface area contributed by atoms with Crippen LogP contribution in [0.2, 0.25) is 0 Å². The molecule has 40 valence electrons. The second-order valence-corrected chi connectivity index (χ2v) is 1.95. The normalized spacial score (nSPS) is 10.3. The smallest absolute Gasteiger partial charge is 0.366 e. The predicted molar refractivity (Wildman–Crippen MR) is 14.6 cm³/mol. The van der Waals surface area contributed by atoms with Crippen molar-refractivity contribution < 1.29 is 43.0 Å². The Morgan fingerprint density at radius 3 is 1.43 bits per heavy atom. The van der Waals surface area contributed by atoms with Crippen molar-refractivity contribution in [1.82, 2.24) is 0 Å². The molecule has 0 unspecified atom stereocenters. The molecule has 0 aromatic heterocycles. The SMILES string of the molecule is O[Si](O)(O)OF.[Zn]. The number of halogens is 1. The zero-order chi connectivity index (χ0) is 5.21. The van der Waals surface area contributed by atoms with Crippen LogP contribution in [0.4, 0.5) is 4.53 Å². The Labute approximate surface area is 52.7 Å². The summed E-state index contributed by atoms with van der Waals surface area (Å²) in [6, 6.07) is 0. The summed E-state index contributed by atoms with van der Waals surface area (Å²) in [5.74, 6) is 0. The summed E-state index contributed by atoms with van der Waals surface area (Å²) in [5, 5.41) is 0. The van der Waals surface area contributed by atoms with Gasteiger partial charge in [-0.3, -0.25) is 0 Å². The molecular weight excluding hydrogens is 176 g/mol. The monoisotopic (exact) mass is 178 g/mol. The van der Waals surface area contributed by atoms with Crippen LogP contribution in [0.1, 0.15) is 0 Å². The van der Waals surface area contributed by atoms with Crippen molar-refractivity contribution in [3.05, 3.63) is 0 Å². The summed E-state index contributed by atoms with van der Waals surface area (Å²) in [6.07, 6.45) is 0. The second kappa shape index (κ2) is 3.59. The molecule has 0 aromatic carbocycles. The van der Waals surface area contributed by atoms with E-state index in [9.17, 15) is 4.53 Å². The van der Waals surface area contributed by atoms with Crippen molar-refractivity contribution in [2.45, 2.75) is 0 Å². The van der Waals surface area contributed by atoms with Gasteiger partial charge in [0, 0.05) is 19.5 Å². The first-order chi connectivity index (χ1) is 2.56. The molecule has 0 fully saturated rings. The van der Waals surface area contributed by atoms with Gasteiger partial charge in [-0.2, -0.15) is 4.63 Å². The van der Waals surface area contributed by atoms with Gasteiger partial charge in [-0.1, -0.05) is 4.53 Å². The van der Waals surface area contributed by atoms with Crippen LogP contribution in [0, 0.1) is 0 Å². The Morgan fingerprint density at radius 2 is 1.43 bits per heavy atom. The van der Waals surface area contributed by atoms with Crippen LogP contribution >= 0.6 is 0 Å². The van der Waals surface area contributed by atoms with Crippen LogP contribution in [0.15, 0.2) is 0 Å². The first kappa shape index (κ1) is 10.6. The molecule has 0 rings (SSSR count). The summed E-state index contributed by atoms with van der Waals surface area (Å²) in [5.41, 5.74) is 0. The molecule has 0 aromatic rings. The fourth-order valence-electron chi connectivity index (χ4n) is 0. The number of hydrogen-bond donors (Lipinski definition) is 3. The van der Waals surface area contributed by atoms with Crippen molar-refractivity contribution in [2.24, 2.45) is 0 Å². The molecule has 0 bridgehead atoms. The van der Waals surface area contributed by atoms with E-state index in [2.05, 4.69) is 4.63 Å². The number of rotatable bonds is 1. The van der Waals surface area contributed by atoms with E-state index in [0.717, 1.165) is 0 Å². The molecule has 7 heteroatoms. The van der Waals surface area contributed by atoms with Crippen LogP contribution in [-0.2, 0) is 24.1 Å². The minimum Gasteiger partial charge on any atom is -0.366 e. The van der Waals surface area contributed by atoms with Crippen LogP contribution in [0.3, 0.4) is 0 Å². The molecule has 0 amide bonds. The summed E-state index contributed by atoms with van der Waals surface area (Å²) in [4.78, 5) is 22.4. The van der Waals surface area contributed by atoms with Crippen molar-refractivity contribution in [2.75, 3.05) is 0 Å². The molecule has 0 saturated heterocycles. The van der Waals surface area contributed by atoms with E-state index in [-0.39, 0.29) is 19.5 Å². The maximum atomic E-state index is 10.3. The minimum atomic E-state index is -4.80. The van der Waals surface area contributed by atoms with Crippen molar-refractivity contribution >= 4 is 9.05 Å². The average Bonchev–Trinajstić information content (AvgIpc) is 1.35. The molecule has 7 heavy (non-hydrogen) atoms. The topological polar surface area (TPSA) is 69.9 Å². The van der Waals surface area contributed by atoms with Crippen molar-refractivity contribution in [3.8, 4) is 0 Å². The average molecular weight is 179 g/mol. The first-order valence-electron chi connectivity index (χ1n) is 1.03. The molecule has 0 radical (unpaired) electrons. The molecule has 0 aliphatic rings. The zero-order valence-electron chi connectivity index (χ0n) is 3.33. The molecule has 0 atom stereocenters. The van der Waals surface area contributed by atoms with Gasteiger partial charge in [0.1, 0.15) is 0 Å². The second-order valence-electron chi connectivity index (χ2n) is 0.651. The maximum absolute atomic E-state index is 10.3. The summed E-state index contributed by atoms with van der Waals surface area (Å²) >= 11 is 0. The van der Waals surface area contributed by atoms with Gasteiger partial charge in [-0.05, 0) is 0 Å². The van der Waals surface area contributed by atoms with E-state index in [1.54, 1.807) is 0 Å². The molecule has 0 heterocycles. The van der Waals surface area contributed by atoms with Gasteiger partial charge < -0.3 is 14.4 Å². The first-order valence-corrected chi connectivity index (χ1v) is 2.78. The van der Waals surface area contributed by atoms with Gasteiger partial charge in [0.2, 0.25) is 0 Å². The summed E-state index contributed by atoms with van der Waals surface area (Å²) < 4.78 is 12.6. The molecule has 0 aliphatic carbocycles. The van der Waals surface area contributed by atoms with Gasteiger partial charge in [-0.15, -0.1) is 0 Å². The van der Waals surface area contributed by atoms with Gasteiger partial charge in [0.15, 0.2) is 0 Å². The van der Waals surface area contributed by atoms with Gasteiger partial charge in [-0.25, -0.2) is 0 Å². The molecule has 0 saturated carbocycles. The quantitative estimate of drug-likeness (QED) is 0.420. The zero-order valence-corrected chi connectivity index (χ0v) is 7.30. The molecule has 0 aliphatic heterocycles. The largest absolute Gasteiger partial charge is 0.703 e. The van der Waals surface area contributed by atoms with Gasteiger partial charge in [0.25, 0.3) is 0 Å². The van der Waals surface area contributed by atoms with Gasteiger partial charge >= 0.3 is 9.05 Å². The Bertz CT molecular complexity index is 41.4.